The number of aliphatic imine (C=N–C) groups is 1. The smallest absolute Gasteiger partial charge is 0.191 e. The molecule has 0 unspecified atom stereocenters. The van der Waals surface area contributed by atoms with Crippen molar-refractivity contribution < 1.29 is 0 Å². The molecule has 2 aromatic rings. The summed E-state index contributed by atoms with van der Waals surface area (Å²) >= 11 is 3.68. The van der Waals surface area contributed by atoms with Gasteiger partial charge in [-0.2, -0.15) is 5.10 Å². The molecule has 0 saturated heterocycles. The van der Waals surface area contributed by atoms with Gasteiger partial charge in [0.15, 0.2) is 5.96 Å². The van der Waals surface area contributed by atoms with Gasteiger partial charge in [0, 0.05) is 48.8 Å². The Balaban J connectivity index is 0.00000208. The quantitative estimate of drug-likeness (QED) is 0.374. The number of guanidine groups is 1. The predicted molar refractivity (Wildman–Crippen MR) is 112 cm³/mol. The van der Waals surface area contributed by atoms with Crippen LogP contribution in [0.25, 0.3) is 0 Å². The molecule has 0 spiro atoms. The molecular formula is C17H23BrIN5. The molecule has 3 rings (SSSR count). The Kier molecular flexibility index (Phi) is 6.68. The third-order valence-corrected chi connectivity index (χ3v) is 5.03. The summed E-state index contributed by atoms with van der Waals surface area (Å²) in [7, 11) is 3.72. The predicted octanol–water partition coefficient (Wildman–Crippen LogP) is 3.20. The average molecular weight is 504 g/mol. The lowest BCUT2D eigenvalue weighted by Crippen LogP contribution is -2.40. The van der Waals surface area contributed by atoms with Gasteiger partial charge in [0.25, 0.3) is 0 Å². The first kappa shape index (κ1) is 19.2. The first-order chi connectivity index (χ1) is 11.1. The van der Waals surface area contributed by atoms with E-state index in [-0.39, 0.29) is 29.4 Å². The Hall–Kier alpha value is -1.09. The summed E-state index contributed by atoms with van der Waals surface area (Å²) in [5.41, 5.74) is 2.75. The highest BCUT2D eigenvalue weighted by Crippen LogP contribution is 2.49. The number of hydrogen-bond acceptors (Lipinski definition) is 2. The number of aromatic nitrogens is 2. The lowest BCUT2D eigenvalue weighted by atomic mass is 9.96. The summed E-state index contributed by atoms with van der Waals surface area (Å²) in [5, 5.41) is 11.0. The van der Waals surface area contributed by atoms with Crippen LogP contribution in [0.3, 0.4) is 0 Å². The first-order valence-electron chi connectivity index (χ1n) is 7.80. The van der Waals surface area contributed by atoms with E-state index in [0.717, 1.165) is 24.6 Å². The van der Waals surface area contributed by atoms with Crippen LogP contribution in [0.2, 0.25) is 0 Å². The molecule has 0 radical (unpaired) electrons. The Morgan fingerprint density at radius 2 is 2.08 bits per heavy atom. The molecule has 1 fully saturated rings. The van der Waals surface area contributed by atoms with Gasteiger partial charge < -0.3 is 10.6 Å². The molecule has 7 heteroatoms. The molecule has 1 aliphatic carbocycles. The van der Waals surface area contributed by atoms with Crippen molar-refractivity contribution in [3.05, 3.63) is 52.3 Å². The normalized spacial score (nSPS) is 15.5. The zero-order valence-corrected chi connectivity index (χ0v) is 17.8. The molecule has 1 saturated carbocycles. The number of nitrogens with one attached hydrogen (secondary N) is 2. The maximum Gasteiger partial charge on any atom is 0.191 e. The SMILES string of the molecule is CN=C(NCc1cnn(C)c1)NCC1(c2ccccc2Br)CC1.I. The second kappa shape index (κ2) is 8.33. The minimum atomic E-state index is 0. The van der Waals surface area contributed by atoms with Crippen molar-refractivity contribution in [1.29, 1.82) is 0 Å². The molecule has 0 amide bonds. The fraction of sp³-hybridized carbons (Fsp3) is 0.412. The number of rotatable bonds is 5. The van der Waals surface area contributed by atoms with Crippen LogP contribution in [0.5, 0.6) is 0 Å². The van der Waals surface area contributed by atoms with E-state index in [1.54, 1.807) is 11.7 Å². The van der Waals surface area contributed by atoms with Gasteiger partial charge in [-0.25, -0.2) is 0 Å². The fourth-order valence-electron chi connectivity index (χ4n) is 2.81. The van der Waals surface area contributed by atoms with Crippen LogP contribution in [-0.4, -0.2) is 29.3 Å². The van der Waals surface area contributed by atoms with Gasteiger partial charge in [0.2, 0.25) is 0 Å². The van der Waals surface area contributed by atoms with Crippen molar-refractivity contribution >= 4 is 45.9 Å². The number of halogens is 2. The van der Waals surface area contributed by atoms with Crippen LogP contribution >= 0.6 is 39.9 Å². The van der Waals surface area contributed by atoms with Gasteiger partial charge >= 0.3 is 0 Å². The van der Waals surface area contributed by atoms with Crippen molar-refractivity contribution in [2.24, 2.45) is 12.0 Å². The highest BCUT2D eigenvalue weighted by atomic mass is 127. The van der Waals surface area contributed by atoms with Gasteiger partial charge in [-0.15, -0.1) is 24.0 Å². The van der Waals surface area contributed by atoms with E-state index in [4.69, 9.17) is 0 Å². The summed E-state index contributed by atoms with van der Waals surface area (Å²) in [6.45, 7) is 1.61. The topological polar surface area (TPSA) is 54.2 Å². The maximum atomic E-state index is 4.31. The highest BCUT2D eigenvalue weighted by Gasteiger charge is 2.45. The average Bonchev–Trinajstić information content (AvgIpc) is 3.22. The lowest BCUT2D eigenvalue weighted by Gasteiger charge is -2.20. The molecular weight excluding hydrogens is 481 g/mol. The third kappa shape index (κ3) is 4.50. The largest absolute Gasteiger partial charge is 0.356 e. The Bertz CT molecular complexity index is 709. The zero-order valence-electron chi connectivity index (χ0n) is 13.9. The van der Waals surface area contributed by atoms with Crippen molar-refractivity contribution in [3.8, 4) is 0 Å². The second-order valence-electron chi connectivity index (χ2n) is 6.06. The van der Waals surface area contributed by atoms with E-state index in [9.17, 15) is 0 Å². The van der Waals surface area contributed by atoms with Crippen LogP contribution in [0, 0.1) is 0 Å². The van der Waals surface area contributed by atoms with Crippen LogP contribution in [0.15, 0.2) is 46.1 Å². The van der Waals surface area contributed by atoms with Crippen molar-refractivity contribution in [1.82, 2.24) is 20.4 Å². The van der Waals surface area contributed by atoms with Crippen LogP contribution in [0.1, 0.15) is 24.0 Å². The molecule has 2 N–H and O–H groups in total. The molecule has 1 aromatic carbocycles. The van der Waals surface area contributed by atoms with Crippen molar-refractivity contribution in [3.63, 3.8) is 0 Å². The van der Waals surface area contributed by atoms with E-state index in [1.165, 1.54) is 22.9 Å². The number of aryl methyl sites for hydroxylation is 1. The molecule has 1 aliphatic rings. The molecule has 1 heterocycles. The standard InChI is InChI=1S/C17H22BrN5.HI/c1-19-16(20-9-13-10-22-23(2)11-13)21-12-17(7-8-17)14-5-3-4-6-15(14)18;/h3-6,10-11H,7-9,12H2,1-2H3,(H2,19,20,21);1H. The van der Waals surface area contributed by atoms with Gasteiger partial charge in [-0.1, -0.05) is 34.1 Å². The minimum Gasteiger partial charge on any atom is -0.356 e. The maximum absolute atomic E-state index is 4.31. The minimum absolute atomic E-state index is 0. The van der Waals surface area contributed by atoms with Crippen molar-refractivity contribution in [2.75, 3.05) is 13.6 Å². The molecule has 5 nitrogen and oxygen atoms in total. The monoisotopic (exact) mass is 503 g/mol. The highest BCUT2D eigenvalue weighted by molar-refractivity contribution is 14.0. The number of hydrogen-bond donors (Lipinski definition) is 2. The fourth-order valence-corrected chi connectivity index (χ4v) is 3.51. The zero-order chi connectivity index (χ0) is 16.3. The Morgan fingerprint density at radius 3 is 2.67 bits per heavy atom. The Labute approximate surface area is 168 Å². The molecule has 130 valence electrons. The second-order valence-corrected chi connectivity index (χ2v) is 6.92. The van der Waals surface area contributed by atoms with Gasteiger partial charge in [-0.3, -0.25) is 9.67 Å². The summed E-state index contributed by atoms with van der Waals surface area (Å²) in [5.74, 6) is 0.826. The Morgan fingerprint density at radius 1 is 1.33 bits per heavy atom. The lowest BCUT2D eigenvalue weighted by molar-refractivity contribution is 0.643. The van der Waals surface area contributed by atoms with Gasteiger partial charge in [0.1, 0.15) is 0 Å². The molecule has 1 aromatic heterocycles. The molecule has 0 atom stereocenters. The van der Waals surface area contributed by atoms with Crippen LogP contribution in [0.4, 0.5) is 0 Å². The van der Waals surface area contributed by atoms with Crippen molar-refractivity contribution in [2.45, 2.75) is 24.8 Å². The van der Waals surface area contributed by atoms with Crippen LogP contribution in [-0.2, 0) is 19.0 Å². The van der Waals surface area contributed by atoms with E-state index in [2.05, 4.69) is 60.9 Å². The van der Waals surface area contributed by atoms with E-state index in [1.807, 2.05) is 19.4 Å². The van der Waals surface area contributed by atoms with E-state index >= 15 is 0 Å². The number of nitrogens with zero attached hydrogens (tertiary/aromatic N) is 3. The van der Waals surface area contributed by atoms with E-state index in [0.29, 0.717) is 0 Å². The summed E-state index contributed by atoms with van der Waals surface area (Å²) in [6.07, 6.45) is 6.29. The summed E-state index contributed by atoms with van der Waals surface area (Å²) < 4.78 is 3.00. The summed E-state index contributed by atoms with van der Waals surface area (Å²) in [6, 6.07) is 8.50. The molecule has 0 aliphatic heterocycles. The summed E-state index contributed by atoms with van der Waals surface area (Å²) in [4.78, 5) is 4.31. The third-order valence-electron chi connectivity index (χ3n) is 4.33. The first-order valence-corrected chi connectivity index (χ1v) is 8.59. The molecule has 0 bridgehead atoms. The van der Waals surface area contributed by atoms with Crippen LogP contribution < -0.4 is 10.6 Å². The molecule has 24 heavy (non-hydrogen) atoms. The van der Waals surface area contributed by atoms with Gasteiger partial charge in [0.05, 0.1) is 6.20 Å². The van der Waals surface area contributed by atoms with Gasteiger partial charge in [-0.05, 0) is 24.5 Å². The van der Waals surface area contributed by atoms with E-state index < -0.39 is 0 Å². The number of benzene rings is 1.